The van der Waals surface area contributed by atoms with E-state index in [0.29, 0.717) is 10.7 Å². The second-order valence-corrected chi connectivity index (χ2v) is 11.9. The third-order valence-electron chi connectivity index (χ3n) is 5.86. The molecule has 0 unspecified atom stereocenters. The van der Waals surface area contributed by atoms with E-state index in [2.05, 4.69) is 21.9 Å². The zero-order valence-electron chi connectivity index (χ0n) is 19.1. The van der Waals surface area contributed by atoms with Gasteiger partial charge in [-0.25, -0.2) is 17.1 Å². The van der Waals surface area contributed by atoms with Crippen LogP contribution >= 0.6 is 23.4 Å². The highest BCUT2D eigenvalue weighted by Gasteiger charge is 2.21. The summed E-state index contributed by atoms with van der Waals surface area (Å²) in [5, 5.41) is 0.403. The highest BCUT2D eigenvalue weighted by molar-refractivity contribution is 7.98. The van der Waals surface area contributed by atoms with Crippen LogP contribution in [0.2, 0.25) is 5.02 Å². The summed E-state index contributed by atoms with van der Waals surface area (Å²) < 4.78 is 40.1. The van der Waals surface area contributed by atoms with Crippen LogP contribution in [0.4, 0.5) is 15.8 Å². The van der Waals surface area contributed by atoms with Gasteiger partial charge in [-0.05, 0) is 54.1 Å². The van der Waals surface area contributed by atoms with Gasteiger partial charge >= 0.3 is 0 Å². The van der Waals surface area contributed by atoms with Crippen LogP contribution in [0.15, 0.2) is 76.5 Å². The summed E-state index contributed by atoms with van der Waals surface area (Å²) >= 11 is 7.57. The normalized spacial score (nSPS) is 14.6. The first-order valence-corrected chi connectivity index (χ1v) is 13.7. The molecule has 3 aromatic carbocycles. The van der Waals surface area contributed by atoms with Crippen molar-refractivity contribution in [3.05, 3.63) is 83.1 Å². The number of piperazine rings is 1. The molecule has 0 aromatic heterocycles. The number of thioether (sulfide) groups is 1. The summed E-state index contributed by atoms with van der Waals surface area (Å²) in [5.41, 5.74) is 2.98. The molecule has 0 spiro atoms. The van der Waals surface area contributed by atoms with Crippen molar-refractivity contribution in [2.75, 3.05) is 50.1 Å². The first kappa shape index (κ1) is 24.9. The zero-order valence-corrected chi connectivity index (χ0v) is 21.5. The molecule has 1 saturated heterocycles. The van der Waals surface area contributed by atoms with Crippen molar-refractivity contribution in [2.24, 2.45) is 0 Å². The number of hydrogen-bond acceptors (Lipinski definition) is 5. The van der Waals surface area contributed by atoms with E-state index in [0.717, 1.165) is 36.8 Å². The standard InChI is InChI=1S/C25H27ClFN3O2S2/c1-28(2)34(31,32)22-10-8-21(9-11-22)33-18-19-5-3-4-6-24(19)29-13-15-30(16-14-29)25-12-7-20(26)17-23(25)27/h3-12,17H,13-16,18H2,1-2H3. The molecule has 1 heterocycles. The smallest absolute Gasteiger partial charge is 0.242 e. The number of rotatable bonds is 7. The SMILES string of the molecule is CN(C)S(=O)(=O)c1ccc(SCc2ccccc2N2CCN(c3ccc(Cl)cc3F)CC2)cc1. The molecule has 0 bridgehead atoms. The van der Waals surface area contributed by atoms with Gasteiger partial charge in [0.2, 0.25) is 10.0 Å². The summed E-state index contributed by atoms with van der Waals surface area (Å²) in [7, 11) is -0.371. The Labute approximate surface area is 210 Å². The van der Waals surface area contributed by atoms with Gasteiger partial charge in [0.15, 0.2) is 0 Å². The molecule has 9 heteroatoms. The lowest BCUT2D eigenvalue weighted by atomic mass is 10.1. The van der Waals surface area contributed by atoms with E-state index in [9.17, 15) is 12.8 Å². The van der Waals surface area contributed by atoms with Gasteiger partial charge in [0.25, 0.3) is 0 Å². The number of hydrogen-bond donors (Lipinski definition) is 0. The minimum absolute atomic E-state index is 0.289. The van der Waals surface area contributed by atoms with Gasteiger partial charge in [-0.2, -0.15) is 0 Å². The van der Waals surface area contributed by atoms with Gasteiger partial charge in [-0.15, -0.1) is 11.8 Å². The molecule has 180 valence electrons. The Bertz CT molecular complexity index is 1250. The maximum Gasteiger partial charge on any atom is 0.242 e. The molecule has 5 nitrogen and oxygen atoms in total. The fraction of sp³-hybridized carbons (Fsp3) is 0.280. The van der Waals surface area contributed by atoms with Crippen LogP contribution in [0.5, 0.6) is 0 Å². The lowest BCUT2D eigenvalue weighted by molar-refractivity contribution is 0.520. The van der Waals surface area contributed by atoms with Crippen molar-refractivity contribution < 1.29 is 12.8 Å². The molecule has 0 saturated carbocycles. The number of benzene rings is 3. The van der Waals surface area contributed by atoms with Crippen molar-refractivity contribution in [3.63, 3.8) is 0 Å². The van der Waals surface area contributed by atoms with Crippen molar-refractivity contribution >= 4 is 44.8 Å². The molecular formula is C25H27ClFN3O2S2. The van der Waals surface area contributed by atoms with Crippen molar-refractivity contribution in [2.45, 2.75) is 15.5 Å². The van der Waals surface area contributed by atoms with Crippen LogP contribution in [0.3, 0.4) is 0 Å². The summed E-state index contributed by atoms with van der Waals surface area (Å²) in [6.45, 7) is 3.03. The molecule has 1 aliphatic rings. The van der Waals surface area contributed by atoms with E-state index in [1.54, 1.807) is 36.0 Å². The number of halogens is 2. The monoisotopic (exact) mass is 519 g/mol. The Balaban J connectivity index is 1.41. The Morgan fingerprint density at radius 1 is 0.912 bits per heavy atom. The van der Waals surface area contributed by atoms with Crippen LogP contribution < -0.4 is 9.80 Å². The van der Waals surface area contributed by atoms with Crippen LogP contribution in [-0.4, -0.2) is 53.0 Å². The Kier molecular flexibility index (Phi) is 7.72. The average molecular weight is 520 g/mol. The van der Waals surface area contributed by atoms with Crippen molar-refractivity contribution in [3.8, 4) is 0 Å². The molecule has 0 amide bonds. The molecule has 4 rings (SSSR count). The van der Waals surface area contributed by atoms with Gasteiger partial charge in [0, 0.05) is 61.6 Å². The minimum Gasteiger partial charge on any atom is -0.368 e. The molecule has 1 fully saturated rings. The highest BCUT2D eigenvalue weighted by atomic mass is 35.5. The van der Waals surface area contributed by atoms with E-state index in [1.165, 1.54) is 35.7 Å². The summed E-state index contributed by atoms with van der Waals surface area (Å²) in [5.74, 6) is 0.476. The van der Waals surface area contributed by atoms with Gasteiger partial charge < -0.3 is 9.80 Å². The fourth-order valence-electron chi connectivity index (χ4n) is 3.95. The molecule has 3 aromatic rings. The quantitative estimate of drug-likeness (QED) is 0.394. The minimum atomic E-state index is -3.43. The van der Waals surface area contributed by atoms with Gasteiger partial charge in [0.1, 0.15) is 5.82 Å². The average Bonchev–Trinajstić information content (AvgIpc) is 2.83. The number of anilines is 2. The van der Waals surface area contributed by atoms with E-state index >= 15 is 0 Å². The zero-order chi connectivity index (χ0) is 24.3. The van der Waals surface area contributed by atoms with Crippen LogP contribution in [0.1, 0.15) is 5.56 Å². The maximum absolute atomic E-state index is 14.3. The highest BCUT2D eigenvalue weighted by Crippen LogP contribution is 2.31. The lowest BCUT2D eigenvalue weighted by Crippen LogP contribution is -2.47. The number of para-hydroxylation sites is 1. The molecule has 0 aliphatic carbocycles. The Morgan fingerprint density at radius 2 is 1.53 bits per heavy atom. The molecule has 0 N–H and O–H groups in total. The van der Waals surface area contributed by atoms with Gasteiger partial charge in [-0.1, -0.05) is 29.8 Å². The summed E-state index contributed by atoms with van der Waals surface area (Å²) in [4.78, 5) is 5.70. The number of nitrogens with zero attached hydrogens (tertiary/aromatic N) is 3. The largest absolute Gasteiger partial charge is 0.368 e. The summed E-state index contributed by atoms with van der Waals surface area (Å²) in [6.07, 6.45) is 0. The first-order chi connectivity index (χ1) is 16.3. The van der Waals surface area contributed by atoms with E-state index < -0.39 is 10.0 Å². The third kappa shape index (κ3) is 5.51. The molecule has 1 aliphatic heterocycles. The predicted molar refractivity (Wildman–Crippen MR) is 139 cm³/mol. The van der Waals surface area contributed by atoms with Gasteiger partial charge in [0.05, 0.1) is 10.6 Å². The van der Waals surface area contributed by atoms with Crippen LogP contribution in [-0.2, 0) is 15.8 Å². The lowest BCUT2D eigenvalue weighted by Gasteiger charge is -2.38. The molecular weight excluding hydrogens is 493 g/mol. The van der Waals surface area contributed by atoms with Crippen molar-refractivity contribution in [1.82, 2.24) is 4.31 Å². The fourth-order valence-corrected chi connectivity index (χ4v) is 5.90. The second kappa shape index (κ2) is 10.6. The molecule has 0 radical (unpaired) electrons. The van der Waals surface area contributed by atoms with Gasteiger partial charge in [-0.3, -0.25) is 0 Å². The topological polar surface area (TPSA) is 43.9 Å². The maximum atomic E-state index is 14.3. The molecule has 34 heavy (non-hydrogen) atoms. The van der Waals surface area contributed by atoms with E-state index in [1.807, 2.05) is 24.3 Å². The Hall–Kier alpha value is -2.26. The van der Waals surface area contributed by atoms with Crippen molar-refractivity contribution in [1.29, 1.82) is 0 Å². The van der Waals surface area contributed by atoms with E-state index in [4.69, 9.17) is 11.6 Å². The number of sulfonamides is 1. The molecule has 0 atom stereocenters. The van der Waals surface area contributed by atoms with E-state index in [-0.39, 0.29) is 10.7 Å². The predicted octanol–water partition coefficient (Wildman–Crippen LogP) is 5.35. The Morgan fingerprint density at radius 3 is 2.15 bits per heavy atom. The van der Waals surface area contributed by atoms with Crippen LogP contribution in [0.25, 0.3) is 0 Å². The summed E-state index contributed by atoms with van der Waals surface area (Å²) in [6, 6.07) is 20.1. The second-order valence-electron chi connectivity index (χ2n) is 8.25. The first-order valence-electron chi connectivity index (χ1n) is 10.9. The third-order valence-corrected chi connectivity index (χ3v) is 8.98. The van der Waals surface area contributed by atoms with Crippen LogP contribution in [0, 0.1) is 5.82 Å².